The maximum Gasteiger partial charge on any atom is 0.291 e. The largest absolute Gasteiger partial charge is 0.459 e. The predicted molar refractivity (Wildman–Crippen MR) is 93.2 cm³/mol. The van der Waals surface area contributed by atoms with Crippen molar-refractivity contribution in [3.05, 3.63) is 83.6 Å². The SMILES string of the molecule is Cc1ccc(C(=O)NCc2ccccn2)cc1NC(=O)c1ccco1. The number of amides is 2. The lowest BCUT2D eigenvalue weighted by atomic mass is 10.1. The Kier molecular flexibility index (Phi) is 4.89. The number of furan rings is 1. The highest BCUT2D eigenvalue weighted by molar-refractivity contribution is 6.03. The first-order chi connectivity index (χ1) is 12.1. The van der Waals surface area contributed by atoms with E-state index in [1.165, 1.54) is 6.26 Å². The number of rotatable bonds is 5. The third-order valence-corrected chi connectivity index (χ3v) is 3.65. The zero-order valence-electron chi connectivity index (χ0n) is 13.7. The summed E-state index contributed by atoms with van der Waals surface area (Å²) >= 11 is 0. The van der Waals surface area contributed by atoms with Crippen LogP contribution in [0.1, 0.15) is 32.2 Å². The van der Waals surface area contributed by atoms with E-state index in [1.54, 1.807) is 36.5 Å². The molecular formula is C19H17N3O3. The number of aryl methyl sites for hydroxylation is 1. The van der Waals surface area contributed by atoms with Gasteiger partial charge in [-0.3, -0.25) is 14.6 Å². The number of anilines is 1. The molecule has 0 spiro atoms. The maximum atomic E-state index is 12.3. The molecule has 25 heavy (non-hydrogen) atoms. The second-order valence-electron chi connectivity index (χ2n) is 5.46. The normalized spacial score (nSPS) is 10.3. The van der Waals surface area contributed by atoms with Crippen LogP contribution in [0.2, 0.25) is 0 Å². The van der Waals surface area contributed by atoms with Crippen LogP contribution in [0.3, 0.4) is 0 Å². The second-order valence-corrected chi connectivity index (χ2v) is 5.46. The molecule has 0 aliphatic carbocycles. The molecule has 3 rings (SSSR count). The molecule has 6 nitrogen and oxygen atoms in total. The molecule has 2 amide bonds. The lowest BCUT2D eigenvalue weighted by Crippen LogP contribution is -2.23. The molecule has 126 valence electrons. The van der Waals surface area contributed by atoms with Crippen LogP contribution in [0.5, 0.6) is 0 Å². The summed E-state index contributed by atoms with van der Waals surface area (Å²) in [5.41, 5.74) is 2.64. The molecule has 0 bridgehead atoms. The number of carbonyl (C=O) groups excluding carboxylic acids is 2. The standard InChI is InChI=1S/C19H17N3O3/c1-13-7-8-14(18(23)21-12-15-5-2-3-9-20-15)11-16(13)22-19(24)17-6-4-10-25-17/h2-11H,12H2,1H3,(H,21,23)(H,22,24). The van der Waals surface area contributed by atoms with Crippen LogP contribution < -0.4 is 10.6 Å². The Hall–Kier alpha value is -3.41. The Balaban J connectivity index is 1.70. The lowest BCUT2D eigenvalue weighted by Gasteiger charge is -2.10. The minimum atomic E-state index is -0.362. The van der Waals surface area contributed by atoms with Gasteiger partial charge in [0.15, 0.2) is 5.76 Å². The fraction of sp³-hybridized carbons (Fsp3) is 0.105. The highest BCUT2D eigenvalue weighted by Gasteiger charge is 2.13. The molecule has 2 N–H and O–H groups in total. The Morgan fingerprint density at radius 1 is 1.08 bits per heavy atom. The van der Waals surface area contributed by atoms with Crippen molar-refractivity contribution in [3.63, 3.8) is 0 Å². The van der Waals surface area contributed by atoms with Gasteiger partial charge in [-0.05, 0) is 48.9 Å². The van der Waals surface area contributed by atoms with Crippen molar-refractivity contribution in [2.45, 2.75) is 13.5 Å². The zero-order chi connectivity index (χ0) is 17.6. The Labute approximate surface area is 144 Å². The van der Waals surface area contributed by atoms with Crippen LogP contribution in [0.25, 0.3) is 0 Å². The minimum Gasteiger partial charge on any atom is -0.459 e. The van der Waals surface area contributed by atoms with E-state index >= 15 is 0 Å². The molecule has 0 radical (unpaired) electrons. The van der Waals surface area contributed by atoms with Crippen molar-refractivity contribution >= 4 is 17.5 Å². The van der Waals surface area contributed by atoms with Crippen molar-refractivity contribution in [1.82, 2.24) is 10.3 Å². The topological polar surface area (TPSA) is 84.2 Å². The number of hydrogen-bond donors (Lipinski definition) is 2. The number of nitrogens with one attached hydrogen (secondary N) is 2. The third-order valence-electron chi connectivity index (χ3n) is 3.65. The number of nitrogens with zero attached hydrogens (tertiary/aromatic N) is 1. The average molecular weight is 335 g/mol. The molecule has 0 aliphatic rings. The molecule has 6 heteroatoms. The zero-order valence-corrected chi connectivity index (χ0v) is 13.7. The van der Waals surface area contributed by atoms with Gasteiger partial charge in [-0.1, -0.05) is 12.1 Å². The summed E-state index contributed by atoms with van der Waals surface area (Å²) in [6, 6.07) is 13.9. The number of aromatic nitrogens is 1. The first kappa shape index (κ1) is 16.4. The van der Waals surface area contributed by atoms with Gasteiger partial charge < -0.3 is 15.1 Å². The summed E-state index contributed by atoms with van der Waals surface area (Å²) < 4.78 is 5.07. The van der Waals surface area contributed by atoms with Gasteiger partial charge in [0.25, 0.3) is 11.8 Å². The van der Waals surface area contributed by atoms with E-state index in [2.05, 4.69) is 15.6 Å². The highest BCUT2D eigenvalue weighted by atomic mass is 16.3. The summed E-state index contributed by atoms with van der Waals surface area (Å²) in [4.78, 5) is 28.6. The molecule has 3 aromatic rings. The summed E-state index contributed by atoms with van der Waals surface area (Å²) in [5, 5.41) is 5.57. The monoisotopic (exact) mass is 335 g/mol. The van der Waals surface area contributed by atoms with Crippen LogP contribution in [-0.4, -0.2) is 16.8 Å². The molecule has 1 aromatic carbocycles. The van der Waals surface area contributed by atoms with E-state index in [1.807, 2.05) is 25.1 Å². The molecule has 2 aromatic heterocycles. The predicted octanol–water partition coefficient (Wildman–Crippen LogP) is 3.17. The molecule has 2 heterocycles. The van der Waals surface area contributed by atoms with Gasteiger partial charge in [-0.25, -0.2) is 0 Å². The fourth-order valence-corrected chi connectivity index (χ4v) is 2.27. The van der Waals surface area contributed by atoms with Crippen molar-refractivity contribution in [2.75, 3.05) is 5.32 Å². The number of pyridine rings is 1. The first-order valence-corrected chi connectivity index (χ1v) is 7.77. The van der Waals surface area contributed by atoms with Gasteiger partial charge >= 0.3 is 0 Å². The second kappa shape index (κ2) is 7.44. The summed E-state index contributed by atoms with van der Waals surface area (Å²) in [6.07, 6.45) is 3.11. The Bertz CT molecular complexity index is 874. The van der Waals surface area contributed by atoms with Crippen LogP contribution in [0.15, 0.2) is 65.4 Å². The lowest BCUT2D eigenvalue weighted by molar-refractivity contribution is 0.0948. The molecule has 0 saturated heterocycles. The van der Waals surface area contributed by atoms with Crippen molar-refractivity contribution < 1.29 is 14.0 Å². The molecule has 0 unspecified atom stereocenters. The quantitative estimate of drug-likeness (QED) is 0.750. The molecule has 0 fully saturated rings. The Morgan fingerprint density at radius 3 is 2.68 bits per heavy atom. The van der Waals surface area contributed by atoms with Crippen LogP contribution in [-0.2, 0) is 6.54 Å². The number of carbonyl (C=O) groups is 2. The fourth-order valence-electron chi connectivity index (χ4n) is 2.27. The molecule has 0 atom stereocenters. The van der Waals surface area contributed by atoms with E-state index in [9.17, 15) is 9.59 Å². The van der Waals surface area contributed by atoms with Crippen LogP contribution in [0, 0.1) is 6.92 Å². The summed E-state index contributed by atoms with van der Waals surface area (Å²) in [6.45, 7) is 2.19. The summed E-state index contributed by atoms with van der Waals surface area (Å²) in [5.74, 6) is -0.386. The van der Waals surface area contributed by atoms with E-state index in [4.69, 9.17) is 4.42 Å². The van der Waals surface area contributed by atoms with E-state index in [0.717, 1.165) is 11.3 Å². The minimum absolute atomic E-state index is 0.212. The number of hydrogen-bond acceptors (Lipinski definition) is 4. The smallest absolute Gasteiger partial charge is 0.291 e. The summed E-state index contributed by atoms with van der Waals surface area (Å²) in [7, 11) is 0. The van der Waals surface area contributed by atoms with Crippen LogP contribution in [0.4, 0.5) is 5.69 Å². The highest BCUT2D eigenvalue weighted by Crippen LogP contribution is 2.18. The maximum absolute atomic E-state index is 12.3. The Morgan fingerprint density at radius 2 is 1.96 bits per heavy atom. The van der Waals surface area contributed by atoms with Gasteiger partial charge in [0.05, 0.1) is 18.5 Å². The third kappa shape index (κ3) is 4.11. The van der Waals surface area contributed by atoms with Crippen molar-refractivity contribution in [3.8, 4) is 0 Å². The molecular weight excluding hydrogens is 318 g/mol. The average Bonchev–Trinajstić information content (AvgIpc) is 3.17. The van der Waals surface area contributed by atoms with Gasteiger partial charge in [0.1, 0.15) is 0 Å². The van der Waals surface area contributed by atoms with Crippen LogP contribution >= 0.6 is 0 Å². The number of benzene rings is 1. The van der Waals surface area contributed by atoms with Gasteiger partial charge in [-0.15, -0.1) is 0 Å². The van der Waals surface area contributed by atoms with Crippen molar-refractivity contribution in [2.24, 2.45) is 0 Å². The first-order valence-electron chi connectivity index (χ1n) is 7.77. The van der Waals surface area contributed by atoms with E-state index < -0.39 is 0 Å². The van der Waals surface area contributed by atoms with E-state index in [-0.39, 0.29) is 17.6 Å². The molecule has 0 saturated carbocycles. The van der Waals surface area contributed by atoms with Crippen molar-refractivity contribution in [1.29, 1.82) is 0 Å². The van der Waals surface area contributed by atoms with E-state index in [0.29, 0.717) is 17.8 Å². The van der Waals surface area contributed by atoms with Gasteiger partial charge in [-0.2, -0.15) is 0 Å². The van der Waals surface area contributed by atoms with Gasteiger partial charge in [0, 0.05) is 17.4 Å². The van der Waals surface area contributed by atoms with Gasteiger partial charge in [0.2, 0.25) is 0 Å². The molecule has 0 aliphatic heterocycles.